The van der Waals surface area contributed by atoms with Gasteiger partial charge in [0.25, 0.3) is 0 Å². The molecule has 496 valence electrons. The van der Waals surface area contributed by atoms with E-state index in [0.29, 0.717) is 38.5 Å². The highest BCUT2D eigenvalue weighted by Crippen LogP contribution is 2.44. The minimum absolute atomic E-state index is 0.0114. The summed E-state index contributed by atoms with van der Waals surface area (Å²) >= 11 is 6.36. The lowest BCUT2D eigenvalue weighted by Gasteiger charge is -2.45. The number of carbonyl (C=O) groups is 11. The van der Waals surface area contributed by atoms with Crippen LogP contribution in [0.15, 0.2) is 0 Å². The Bertz CT molecular complexity index is 2590. The van der Waals surface area contributed by atoms with Crippen LogP contribution in [-0.4, -0.2) is 225 Å². The van der Waals surface area contributed by atoms with E-state index in [4.69, 9.17) is 11.6 Å². The van der Waals surface area contributed by atoms with Crippen molar-refractivity contribution < 1.29 is 65.9 Å². The maximum atomic E-state index is 15.2. The first-order valence-corrected chi connectivity index (χ1v) is 32.5. The minimum atomic E-state index is -4.49. The van der Waals surface area contributed by atoms with Crippen LogP contribution in [0.4, 0.5) is 13.2 Å². The zero-order chi connectivity index (χ0) is 65.6. The molecule has 3 heterocycles. The number of likely N-dealkylation sites (N-methyl/N-ethyl adjacent to an activating group) is 5. The van der Waals surface area contributed by atoms with Crippen molar-refractivity contribution >= 4 is 76.6 Å². The van der Waals surface area contributed by atoms with E-state index in [1.807, 2.05) is 6.92 Å². The molecule has 0 aromatic rings. The maximum Gasteiger partial charge on any atom is 0.393 e. The van der Waals surface area contributed by atoms with Crippen LogP contribution in [0.25, 0.3) is 0 Å². The van der Waals surface area contributed by atoms with E-state index < -0.39 is 160 Å². The highest BCUT2D eigenvalue weighted by atomic mass is 35.5. The van der Waals surface area contributed by atoms with Crippen molar-refractivity contribution in [1.29, 1.82) is 0 Å². The van der Waals surface area contributed by atoms with Crippen LogP contribution in [0.1, 0.15) is 171 Å². The van der Waals surface area contributed by atoms with E-state index in [9.17, 15) is 56.3 Å². The molecular formula is C62H99ClF3N11O11. The molecule has 88 heavy (non-hydrogen) atoms. The molecule has 3 aliphatic carbocycles. The van der Waals surface area contributed by atoms with Crippen LogP contribution in [0.2, 0.25) is 0 Å². The van der Waals surface area contributed by atoms with Gasteiger partial charge in [-0.3, -0.25) is 52.7 Å². The molecule has 0 aromatic carbocycles. The van der Waals surface area contributed by atoms with Crippen molar-refractivity contribution in [2.75, 3.05) is 48.3 Å². The molecule has 26 heteroatoms. The molecule has 6 fully saturated rings. The third-order valence-corrected chi connectivity index (χ3v) is 21.0. The predicted octanol–water partition coefficient (Wildman–Crippen LogP) is 4.34. The van der Waals surface area contributed by atoms with Gasteiger partial charge < -0.3 is 55.6 Å². The van der Waals surface area contributed by atoms with Gasteiger partial charge in [0, 0.05) is 66.2 Å². The largest absolute Gasteiger partial charge is 0.393 e. The lowest BCUT2D eigenvalue weighted by atomic mass is 9.78. The molecule has 1 spiro atoms. The monoisotopic (exact) mass is 1270 g/mol. The number of hydrogen-bond acceptors (Lipinski definition) is 11. The molecule has 0 bridgehead atoms. The fourth-order valence-electron chi connectivity index (χ4n) is 14.1. The van der Waals surface area contributed by atoms with Crippen molar-refractivity contribution in [3.8, 4) is 0 Å². The number of nitrogens with one attached hydrogen (secondary N) is 4. The van der Waals surface area contributed by atoms with E-state index in [1.54, 1.807) is 34.7 Å². The number of nitrogens with zero attached hydrogens (tertiary/aromatic N) is 7. The summed E-state index contributed by atoms with van der Waals surface area (Å²) in [6.07, 6.45) is 1.20. The van der Waals surface area contributed by atoms with Crippen LogP contribution in [0.5, 0.6) is 0 Å². The average molecular weight is 1270 g/mol. The Hall–Kier alpha value is -5.75. The number of fused-ring (bicyclic) bond motifs is 2. The molecule has 3 saturated carbocycles. The standard InChI is InChI=1S/C62H99ClF3N11O11/c1-14-35(4)48-58(86)73(11)39(8)55(83)77-31-27-46(77)57(85)74(12)49(34(2)3)59(87)72(10)38(7)51(79)68-44(26-24-40-23-25-42(43(63)33-40)62(64,65)66)56(84)76-30-19-22-45(76)53(81)70-61(28-17-18-29-61)60(88)75(13)50(41-20-15-16-21-41)54(82)67-36(5)32-47(78)71(9)37(6)52(80)69-48/h34-46,48-50H,14-33H2,1-13H3,(H,67,82)(H,68,79)(H,69,80)(H,70,81)/t35-,36+,37-,38+,39-,40?,42?,43?,44-,45-,46-,48-,49-,50-/m0/s1. The number of rotatable bonds is 7. The van der Waals surface area contributed by atoms with E-state index in [1.165, 1.54) is 78.4 Å². The molecule has 6 rings (SSSR count). The quantitative estimate of drug-likeness (QED) is 0.261. The second-order valence-corrected chi connectivity index (χ2v) is 27.3. The summed E-state index contributed by atoms with van der Waals surface area (Å²) in [6, 6.07) is -11.0. The first-order chi connectivity index (χ1) is 41.2. The van der Waals surface area contributed by atoms with E-state index in [0.717, 1.165) is 17.7 Å². The Morgan fingerprint density at radius 3 is 1.74 bits per heavy atom. The Kier molecular flexibility index (Phi) is 24.2. The van der Waals surface area contributed by atoms with Gasteiger partial charge >= 0.3 is 6.18 Å². The van der Waals surface area contributed by atoms with Crippen LogP contribution >= 0.6 is 11.6 Å². The fraction of sp³-hybridized carbons (Fsp3) is 0.823. The highest BCUT2D eigenvalue weighted by Gasteiger charge is 2.52. The number of carbonyl (C=O) groups excluding carboxylic acids is 11. The fourth-order valence-corrected chi connectivity index (χ4v) is 14.6. The second-order valence-electron chi connectivity index (χ2n) is 26.7. The zero-order valence-corrected chi connectivity index (χ0v) is 54.8. The molecule has 3 unspecified atom stereocenters. The highest BCUT2D eigenvalue weighted by molar-refractivity contribution is 6.20. The Labute approximate surface area is 522 Å². The molecule has 0 aromatic heterocycles. The molecule has 6 aliphatic rings. The van der Waals surface area contributed by atoms with Gasteiger partial charge in [0.1, 0.15) is 59.9 Å². The molecular weight excluding hydrogens is 1170 g/mol. The van der Waals surface area contributed by atoms with Gasteiger partial charge in [-0.1, -0.05) is 59.8 Å². The van der Waals surface area contributed by atoms with Gasteiger partial charge in [0.05, 0.1) is 5.92 Å². The van der Waals surface area contributed by atoms with E-state index in [-0.39, 0.29) is 89.1 Å². The van der Waals surface area contributed by atoms with E-state index in [2.05, 4.69) is 21.3 Å². The summed E-state index contributed by atoms with van der Waals surface area (Å²) < 4.78 is 41.7. The van der Waals surface area contributed by atoms with Crippen molar-refractivity contribution in [3.63, 3.8) is 0 Å². The molecule has 0 radical (unpaired) electrons. The summed E-state index contributed by atoms with van der Waals surface area (Å²) in [5.74, 6) is -9.73. The summed E-state index contributed by atoms with van der Waals surface area (Å²) in [5.41, 5.74) is -1.46. The third-order valence-electron chi connectivity index (χ3n) is 20.5. The number of alkyl halides is 4. The smallest absolute Gasteiger partial charge is 0.351 e. The Balaban J connectivity index is 1.34. The molecule has 11 amide bonds. The molecule has 22 nitrogen and oxygen atoms in total. The van der Waals surface area contributed by atoms with Crippen molar-refractivity contribution in [2.24, 2.45) is 29.6 Å². The number of hydrogen-bond donors (Lipinski definition) is 4. The summed E-state index contributed by atoms with van der Waals surface area (Å²) in [4.78, 5) is 169. The van der Waals surface area contributed by atoms with Gasteiger partial charge in [-0.2, -0.15) is 13.2 Å². The van der Waals surface area contributed by atoms with Gasteiger partial charge in [-0.25, -0.2) is 0 Å². The van der Waals surface area contributed by atoms with Gasteiger partial charge in [-0.05, 0) is 128 Å². The normalized spacial score (nSPS) is 33.1. The average Bonchev–Trinajstić information content (AvgIpc) is 1.51. The van der Waals surface area contributed by atoms with Crippen LogP contribution in [0, 0.1) is 29.6 Å². The van der Waals surface area contributed by atoms with E-state index >= 15 is 9.59 Å². The van der Waals surface area contributed by atoms with Crippen LogP contribution in [-0.2, 0) is 52.7 Å². The van der Waals surface area contributed by atoms with Crippen LogP contribution < -0.4 is 21.3 Å². The molecule has 3 aliphatic heterocycles. The Morgan fingerprint density at radius 1 is 0.580 bits per heavy atom. The van der Waals surface area contributed by atoms with Gasteiger partial charge in [0.2, 0.25) is 65.0 Å². The number of amides is 11. The zero-order valence-electron chi connectivity index (χ0n) is 54.0. The molecule has 3 saturated heterocycles. The first kappa shape index (κ1) is 71.3. The maximum absolute atomic E-state index is 15.2. The predicted molar refractivity (Wildman–Crippen MR) is 322 cm³/mol. The topological polar surface area (TPSA) is 259 Å². The summed E-state index contributed by atoms with van der Waals surface area (Å²) in [5, 5.41) is 10.5. The summed E-state index contributed by atoms with van der Waals surface area (Å²) in [7, 11) is 7.23. The lowest BCUT2D eigenvalue weighted by Crippen LogP contribution is -2.65. The Morgan fingerprint density at radius 2 is 1.17 bits per heavy atom. The van der Waals surface area contributed by atoms with Crippen molar-refractivity contribution in [2.45, 2.75) is 248 Å². The first-order valence-electron chi connectivity index (χ1n) is 32.1. The lowest BCUT2D eigenvalue weighted by molar-refractivity contribution is -0.182. The third kappa shape index (κ3) is 15.9. The SMILES string of the molecule is CC[C@H](C)[C@@H]1NC(=O)[C@H](C)N(C)C(=O)C[C@@H](C)NC(=O)[C@H](C2CCCC2)N(C)C(=O)C2(CCCC2)NC(=O)[C@@H]2CCCN2C(=O)[C@H](CCC2CCC(C(F)(F)F)C(Cl)C2)NC(=O)[C@@H](C)N(C)C(=O)[C@H](C(C)C)N(C)C(=O)[C@@H]2CCN2C(=O)[C@H](C)N(C)C1=O. The second kappa shape index (κ2) is 29.9. The van der Waals surface area contributed by atoms with Gasteiger partial charge in [-0.15, -0.1) is 11.6 Å². The van der Waals surface area contributed by atoms with Crippen molar-refractivity contribution in [1.82, 2.24) is 55.6 Å². The molecule has 4 N–H and O–H groups in total. The minimum Gasteiger partial charge on any atom is -0.351 e. The molecule has 14 atom stereocenters. The van der Waals surface area contributed by atoms with Gasteiger partial charge in [0.15, 0.2) is 0 Å². The number of halogens is 4. The van der Waals surface area contributed by atoms with Crippen molar-refractivity contribution in [3.05, 3.63) is 0 Å². The summed E-state index contributed by atoms with van der Waals surface area (Å²) in [6.45, 7) is 13.4. The van der Waals surface area contributed by atoms with Crippen LogP contribution in [0.3, 0.4) is 0 Å².